The lowest BCUT2D eigenvalue weighted by Gasteiger charge is -2.14. The van der Waals surface area contributed by atoms with Gasteiger partial charge in [0.1, 0.15) is 0 Å². The van der Waals surface area contributed by atoms with Crippen LogP contribution in [0.15, 0.2) is 24.3 Å². The standard InChI is InChI=1S/C18H26O6/c1-13(5-3-11-19)23-17(21)15-7-9-16(10-8-15)18(22)24-14(2)6-4-12-20/h7-10,13-14,19-20H,3-6,11-12H2,1-2H3. The molecule has 1 rings (SSSR count). The number of aliphatic hydroxyl groups is 2. The first-order valence-corrected chi connectivity index (χ1v) is 8.21. The van der Waals surface area contributed by atoms with Crippen LogP contribution in [-0.2, 0) is 9.47 Å². The van der Waals surface area contributed by atoms with E-state index in [-0.39, 0.29) is 25.4 Å². The minimum Gasteiger partial charge on any atom is -0.459 e. The Labute approximate surface area is 142 Å². The van der Waals surface area contributed by atoms with Crippen molar-refractivity contribution in [2.24, 2.45) is 0 Å². The summed E-state index contributed by atoms with van der Waals surface area (Å²) >= 11 is 0. The van der Waals surface area contributed by atoms with Gasteiger partial charge in [-0.15, -0.1) is 0 Å². The first-order valence-electron chi connectivity index (χ1n) is 8.21. The van der Waals surface area contributed by atoms with Gasteiger partial charge in [0, 0.05) is 13.2 Å². The monoisotopic (exact) mass is 338 g/mol. The zero-order valence-corrected chi connectivity index (χ0v) is 14.2. The van der Waals surface area contributed by atoms with Crippen LogP contribution in [-0.4, -0.2) is 47.6 Å². The molecule has 6 nitrogen and oxygen atoms in total. The summed E-state index contributed by atoms with van der Waals surface area (Å²) in [7, 11) is 0. The molecule has 0 aliphatic carbocycles. The molecule has 0 aliphatic rings. The van der Waals surface area contributed by atoms with Crippen LogP contribution in [0.2, 0.25) is 0 Å². The number of carbonyl (C=O) groups is 2. The van der Waals surface area contributed by atoms with E-state index < -0.39 is 11.9 Å². The molecule has 1 aromatic carbocycles. The molecule has 0 fully saturated rings. The molecule has 0 radical (unpaired) electrons. The molecular weight excluding hydrogens is 312 g/mol. The Kier molecular flexibility index (Phi) is 9.04. The van der Waals surface area contributed by atoms with E-state index >= 15 is 0 Å². The van der Waals surface area contributed by atoms with Crippen molar-refractivity contribution < 1.29 is 29.3 Å². The van der Waals surface area contributed by atoms with Crippen molar-refractivity contribution in [2.45, 2.75) is 51.7 Å². The van der Waals surface area contributed by atoms with E-state index in [1.807, 2.05) is 0 Å². The van der Waals surface area contributed by atoms with E-state index in [1.165, 1.54) is 24.3 Å². The largest absolute Gasteiger partial charge is 0.459 e. The summed E-state index contributed by atoms with van der Waals surface area (Å²) < 4.78 is 10.5. The van der Waals surface area contributed by atoms with Gasteiger partial charge >= 0.3 is 11.9 Å². The highest BCUT2D eigenvalue weighted by atomic mass is 16.5. The third kappa shape index (κ3) is 7.10. The van der Waals surface area contributed by atoms with Gasteiger partial charge in [-0.25, -0.2) is 9.59 Å². The maximum absolute atomic E-state index is 12.0. The second-order valence-electron chi connectivity index (χ2n) is 5.74. The molecule has 24 heavy (non-hydrogen) atoms. The topological polar surface area (TPSA) is 93.1 Å². The molecule has 6 heteroatoms. The minimum absolute atomic E-state index is 0.0649. The number of rotatable bonds is 10. The van der Waals surface area contributed by atoms with E-state index in [0.717, 1.165) is 0 Å². The average Bonchev–Trinajstić information content (AvgIpc) is 2.58. The van der Waals surface area contributed by atoms with E-state index in [4.69, 9.17) is 19.7 Å². The fraction of sp³-hybridized carbons (Fsp3) is 0.556. The molecule has 0 saturated carbocycles. The maximum Gasteiger partial charge on any atom is 0.338 e. The molecule has 1 aromatic rings. The van der Waals surface area contributed by atoms with Crippen molar-refractivity contribution in [3.63, 3.8) is 0 Å². The molecule has 134 valence electrons. The van der Waals surface area contributed by atoms with Crippen LogP contribution < -0.4 is 0 Å². The Bertz CT molecular complexity index is 464. The maximum atomic E-state index is 12.0. The average molecular weight is 338 g/mol. The van der Waals surface area contributed by atoms with E-state index in [1.54, 1.807) is 13.8 Å². The van der Waals surface area contributed by atoms with Gasteiger partial charge in [-0.3, -0.25) is 0 Å². The molecule has 2 N–H and O–H groups in total. The predicted molar refractivity (Wildman–Crippen MR) is 88.8 cm³/mol. The highest BCUT2D eigenvalue weighted by Gasteiger charge is 2.15. The van der Waals surface area contributed by atoms with Crippen LogP contribution in [0.4, 0.5) is 0 Å². The van der Waals surface area contributed by atoms with Gasteiger partial charge in [-0.2, -0.15) is 0 Å². The second kappa shape index (κ2) is 10.8. The third-order valence-electron chi connectivity index (χ3n) is 3.51. The number of aliphatic hydroxyl groups excluding tert-OH is 2. The Morgan fingerprint density at radius 1 is 0.833 bits per heavy atom. The van der Waals surface area contributed by atoms with Gasteiger partial charge in [0.2, 0.25) is 0 Å². The normalized spacial score (nSPS) is 13.2. The molecular formula is C18H26O6. The van der Waals surface area contributed by atoms with E-state index in [9.17, 15) is 9.59 Å². The fourth-order valence-corrected chi connectivity index (χ4v) is 2.12. The lowest BCUT2D eigenvalue weighted by Crippen LogP contribution is -2.17. The van der Waals surface area contributed by atoms with Crippen LogP contribution in [0.3, 0.4) is 0 Å². The molecule has 0 heterocycles. The molecule has 2 atom stereocenters. The highest BCUT2D eigenvalue weighted by molar-refractivity contribution is 5.93. The molecule has 0 amide bonds. The number of carbonyl (C=O) groups excluding carboxylic acids is 2. The molecule has 2 unspecified atom stereocenters. The van der Waals surface area contributed by atoms with Gasteiger partial charge in [0.25, 0.3) is 0 Å². The van der Waals surface area contributed by atoms with Crippen molar-refractivity contribution >= 4 is 11.9 Å². The predicted octanol–water partition coefficient (Wildman–Crippen LogP) is 2.32. The van der Waals surface area contributed by atoms with Crippen molar-refractivity contribution in [1.29, 1.82) is 0 Å². The summed E-state index contributed by atoms with van der Waals surface area (Å²) in [5.41, 5.74) is 0.714. The quantitative estimate of drug-likeness (QED) is 0.636. The van der Waals surface area contributed by atoms with Crippen LogP contribution in [0.5, 0.6) is 0 Å². The minimum atomic E-state index is -0.461. The molecule has 0 spiro atoms. The number of hydrogen-bond donors (Lipinski definition) is 2. The summed E-state index contributed by atoms with van der Waals surface area (Å²) in [5.74, 6) is -0.923. The zero-order chi connectivity index (χ0) is 17.9. The van der Waals surface area contributed by atoms with Gasteiger partial charge in [-0.1, -0.05) is 0 Å². The summed E-state index contributed by atoms with van der Waals surface area (Å²) in [5, 5.41) is 17.5. The smallest absolute Gasteiger partial charge is 0.338 e. The SMILES string of the molecule is CC(CCCO)OC(=O)c1ccc(C(=O)OC(C)CCCO)cc1. The van der Waals surface area contributed by atoms with Crippen molar-refractivity contribution in [1.82, 2.24) is 0 Å². The fourth-order valence-electron chi connectivity index (χ4n) is 2.12. The number of hydrogen-bond acceptors (Lipinski definition) is 6. The molecule has 0 aliphatic heterocycles. The Balaban J connectivity index is 2.55. The van der Waals surface area contributed by atoms with Crippen LogP contribution in [0, 0.1) is 0 Å². The van der Waals surface area contributed by atoms with Gasteiger partial charge < -0.3 is 19.7 Å². The van der Waals surface area contributed by atoms with Gasteiger partial charge in [0.05, 0.1) is 23.3 Å². The summed E-state index contributed by atoms with van der Waals surface area (Å²) in [6.45, 7) is 3.67. The first-order chi connectivity index (χ1) is 11.5. The zero-order valence-electron chi connectivity index (χ0n) is 14.2. The van der Waals surface area contributed by atoms with E-state index in [2.05, 4.69) is 0 Å². The molecule has 0 saturated heterocycles. The first kappa shape index (κ1) is 20.1. The Hall–Kier alpha value is -1.92. The number of ether oxygens (including phenoxy) is 2. The summed E-state index contributed by atoms with van der Waals surface area (Å²) in [4.78, 5) is 23.9. The molecule has 0 aromatic heterocycles. The summed E-state index contributed by atoms with van der Waals surface area (Å²) in [6.07, 6.45) is 1.79. The van der Waals surface area contributed by atoms with Crippen LogP contribution in [0.25, 0.3) is 0 Å². The van der Waals surface area contributed by atoms with Crippen LogP contribution >= 0.6 is 0 Å². The Morgan fingerprint density at radius 2 is 1.17 bits per heavy atom. The number of benzene rings is 1. The Morgan fingerprint density at radius 3 is 1.46 bits per heavy atom. The lowest BCUT2D eigenvalue weighted by atomic mass is 10.1. The summed E-state index contributed by atoms with van der Waals surface area (Å²) in [6, 6.07) is 6.10. The van der Waals surface area contributed by atoms with Crippen molar-refractivity contribution in [2.75, 3.05) is 13.2 Å². The van der Waals surface area contributed by atoms with E-state index in [0.29, 0.717) is 36.8 Å². The second-order valence-corrected chi connectivity index (χ2v) is 5.74. The van der Waals surface area contributed by atoms with Gasteiger partial charge in [0.15, 0.2) is 0 Å². The van der Waals surface area contributed by atoms with Gasteiger partial charge in [-0.05, 0) is 63.8 Å². The molecule has 0 bridgehead atoms. The highest BCUT2D eigenvalue weighted by Crippen LogP contribution is 2.12. The van der Waals surface area contributed by atoms with Crippen molar-refractivity contribution in [3.05, 3.63) is 35.4 Å². The lowest BCUT2D eigenvalue weighted by molar-refractivity contribution is 0.0296. The van der Waals surface area contributed by atoms with Crippen LogP contribution in [0.1, 0.15) is 60.2 Å². The van der Waals surface area contributed by atoms with Crippen molar-refractivity contribution in [3.8, 4) is 0 Å². The third-order valence-corrected chi connectivity index (χ3v) is 3.51. The number of esters is 2.